The van der Waals surface area contributed by atoms with Crippen LogP contribution in [-0.2, 0) is 4.79 Å². The number of rotatable bonds is 4. The van der Waals surface area contributed by atoms with Crippen molar-refractivity contribution in [3.8, 4) is 0 Å². The van der Waals surface area contributed by atoms with Crippen LogP contribution in [0.5, 0.6) is 0 Å². The molecule has 0 spiro atoms. The van der Waals surface area contributed by atoms with E-state index >= 15 is 0 Å². The number of carbonyl (C=O) groups is 1. The highest BCUT2D eigenvalue weighted by atomic mass is 32.2. The largest absolute Gasteiger partial charge is 0.287 e. The van der Waals surface area contributed by atoms with Gasteiger partial charge in [0.05, 0.1) is 0 Å². The van der Waals surface area contributed by atoms with Crippen molar-refractivity contribution in [2.75, 3.05) is 0 Å². The maximum absolute atomic E-state index is 10.7. The predicted molar refractivity (Wildman–Crippen MR) is 42.1 cm³/mol. The lowest BCUT2D eigenvalue weighted by atomic mass is 10.3. The first kappa shape index (κ1) is 9.02. The molecule has 0 fully saturated rings. The lowest BCUT2D eigenvalue weighted by molar-refractivity contribution is -0.111. The number of hydrogen-bond donors (Lipinski definition) is 0. The van der Waals surface area contributed by atoms with Crippen LogP contribution in [0.1, 0.15) is 33.1 Å². The average molecular weight is 145 g/mol. The van der Waals surface area contributed by atoms with Gasteiger partial charge in [-0.3, -0.25) is 4.79 Å². The van der Waals surface area contributed by atoms with Crippen molar-refractivity contribution in [3.63, 3.8) is 0 Å². The van der Waals surface area contributed by atoms with E-state index < -0.39 is 0 Å². The summed E-state index contributed by atoms with van der Waals surface area (Å²) in [7, 11) is 0. The third kappa shape index (κ3) is 5.90. The van der Waals surface area contributed by atoms with Gasteiger partial charge in [-0.05, 0) is 6.42 Å². The van der Waals surface area contributed by atoms with E-state index in [0.717, 1.165) is 19.3 Å². The van der Waals surface area contributed by atoms with Gasteiger partial charge in [0.1, 0.15) is 0 Å². The van der Waals surface area contributed by atoms with E-state index in [9.17, 15) is 4.79 Å². The van der Waals surface area contributed by atoms with Crippen LogP contribution in [0, 0.1) is 5.75 Å². The standard InChI is InChI=1S/C7H13OS/c1-3-5-6-7(8)9-4-2/h4H,3,5-6H2,1-2H3. The Balaban J connectivity index is 3.06. The summed E-state index contributed by atoms with van der Waals surface area (Å²) >= 11 is 1.31. The second-order valence-electron chi connectivity index (χ2n) is 1.83. The molecule has 2 heteroatoms. The molecule has 0 aromatic heterocycles. The number of hydrogen-bond acceptors (Lipinski definition) is 2. The van der Waals surface area contributed by atoms with Crippen molar-refractivity contribution in [3.05, 3.63) is 5.75 Å². The van der Waals surface area contributed by atoms with Crippen LogP contribution in [0.4, 0.5) is 0 Å². The molecule has 0 saturated heterocycles. The van der Waals surface area contributed by atoms with E-state index in [1.807, 2.05) is 12.7 Å². The number of unbranched alkanes of at least 4 members (excludes halogenated alkanes) is 1. The first-order valence-electron chi connectivity index (χ1n) is 3.28. The average Bonchev–Trinajstić information content (AvgIpc) is 1.85. The Morgan fingerprint density at radius 3 is 2.78 bits per heavy atom. The van der Waals surface area contributed by atoms with Crippen molar-refractivity contribution in [1.82, 2.24) is 0 Å². The van der Waals surface area contributed by atoms with Gasteiger partial charge in [0.25, 0.3) is 0 Å². The van der Waals surface area contributed by atoms with Crippen molar-refractivity contribution in [2.24, 2.45) is 0 Å². The molecule has 1 radical (unpaired) electrons. The van der Waals surface area contributed by atoms with Crippen LogP contribution in [0.3, 0.4) is 0 Å². The fourth-order valence-corrected chi connectivity index (χ4v) is 1.04. The number of thioether (sulfide) groups is 1. The molecule has 1 nitrogen and oxygen atoms in total. The third-order valence-electron chi connectivity index (χ3n) is 0.984. The zero-order valence-electron chi connectivity index (χ0n) is 6.02. The van der Waals surface area contributed by atoms with Crippen LogP contribution >= 0.6 is 11.8 Å². The molecule has 0 saturated carbocycles. The molecule has 0 aromatic rings. The molecule has 0 aliphatic carbocycles. The molecule has 0 amide bonds. The molecule has 0 aromatic carbocycles. The van der Waals surface area contributed by atoms with E-state index in [-0.39, 0.29) is 0 Å². The Morgan fingerprint density at radius 1 is 1.67 bits per heavy atom. The highest BCUT2D eigenvalue weighted by Gasteiger charge is 1.97. The van der Waals surface area contributed by atoms with E-state index in [0.29, 0.717) is 5.12 Å². The zero-order valence-corrected chi connectivity index (χ0v) is 6.83. The minimum atomic E-state index is 0.291. The molecule has 0 heterocycles. The molecular formula is C7H13OS. The van der Waals surface area contributed by atoms with Gasteiger partial charge in [0.2, 0.25) is 0 Å². The van der Waals surface area contributed by atoms with Crippen molar-refractivity contribution < 1.29 is 4.79 Å². The van der Waals surface area contributed by atoms with Gasteiger partial charge in [0, 0.05) is 12.2 Å². The van der Waals surface area contributed by atoms with E-state index in [4.69, 9.17) is 0 Å². The molecule has 0 unspecified atom stereocenters. The van der Waals surface area contributed by atoms with E-state index in [1.54, 1.807) is 0 Å². The minimum Gasteiger partial charge on any atom is -0.287 e. The van der Waals surface area contributed by atoms with Crippen molar-refractivity contribution in [1.29, 1.82) is 0 Å². The molecule has 9 heavy (non-hydrogen) atoms. The monoisotopic (exact) mass is 145 g/mol. The quantitative estimate of drug-likeness (QED) is 0.605. The minimum absolute atomic E-state index is 0.291. The lowest BCUT2D eigenvalue weighted by Gasteiger charge is -1.93. The van der Waals surface area contributed by atoms with Crippen molar-refractivity contribution >= 4 is 16.9 Å². The summed E-state index contributed by atoms with van der Waals surface area (Å²) in [5.74, 6) is 1.83. The fraction of sp³-hybridized carbons (Fsp3) is 0.714. The van der Waals surface area contributed by atoms with Gasteiger partial charge < -0.3 is 0 Å². The van der Waals surface area contributed by atoms with E-state index in [1.165, 1.54) is 11.8 Å². The molecule has 53 valence electrons. The van der Waals surface area contributed by atoms with Crippen LogP contribution in [0.25, 0.3) is 0 Å². The highest BCUT2D eigenvalue weighted by Crippen LogP contribution is 2.10. The predicted octanol–water partition coefficient (Wildman–Crippen LogP) is 2.62. The summed E-state index contributed by atoms with van der Waals surface area (Å²) in [6, 6.07) is 0. The number of carbonyl (C=O) groups excluding carboxylic acids is 1. The summed E-state index contributed by atoms with van der Waals surface area (Å²) in [5, 5.41) is 0.291. The van der Waals surface area contributed by atoms with Crippen LogP contribution in [0.15, 0.2) is 0 Å². The summed E-state index contributed by atoms with van der Waals surface area (Å²) in [6.45, 7) is 3.97. The molecule has 0 rings (SSSR count). The summed E-state index contributed by atoms with van der Waals surface area (Å²) in [4.78, 5) is 10.7. The summed E-state index contributed by atoms with van der Waals surface area (Å²) in [6.07, 6.45) is 2.86. The van der Waals surface area contributed by atoms with Gasteiger partial charge in [-0.2, -0.15) is 0 Å². The molecule has 0 aliphatic heterocycles. The topological polar surface area (TPSA) is 17.1 Å². The van der Waals surface area contributed by atoms with Gasteiger partial charge in [-0.25, -0.2) is 0 Å². The Hall–Kier alpha value is 0.0200. The smallest absolute Gasteiger partial charge is 0.189 e. The highest BCUT2D eigenvalue weighted by molar-refractivity contribution is 8.15. The summed E-state index contributed by atoms with van der Waals surface area (Å²) in [5.41, 5.74) is 0. The van der Waals surface area contributed by atoms with Crippen LogP contribution in [-0.4, -0.2) is 5.12 Å². The fourth-order valence-electron chi connectivity index (χ4n) is 0.511. The maximum Gasteiger partial charge on any atom is 0.189 e. The molecule has 0 aliphatic rings. The Bertz CT molecular complexity index is 81.0. The molecule has 0 atom stereocenters. The molecule has 0 N–H and O–H groups in total. The SMILES string of the molecule is C[CH]SC(=O)CCCC. The molecule has 0 bridgehead atoms. The van der Waals surface area contributed by atoms with E-state index in [2.05, 4.69) is 6.92 Å². The normalized spacial score (nSPS) is 9.56. The third-order valence-corrected chi connectivity index (χ3v) is 1.69. The Kier molecular flexibility index (Phi) is 6.16. The van der Waals surface area contributed by atoms with Crippen molar-refractivity contribution in [2.45, 2.75) is 33.1 Å². The van der Waals surface area contributed by atoms with Crippen LogP contribution < -0.4 is 0 Å². The Labute approximate surface area is 61.2 Å². The first-order valence-corrected chi connectivity index (χ1v) is 4.16. The maximum atomic E-state index is 10.7. The zero-order chi connectivity index (χ0) is 7.11. The summed E-state index contributed by atoms with van der Waals surface area (Å²) < 4.78 is 0. The first-order chi connectivity index (χ1) is 4.31. The lowest BCUT2D eigenvalue weighted by Crippen LogP contribution is -1.88. The second kappa shape index (κ2) is 6.14. The van der Waals surface area contributed by atoms with Gasteiger partial charge >= 0.3 is 0 Å². The van der Waals surface area contributed by atoms with Crippen LogP contribution in [0.2, 0.25) is 0 Å². The second-order valence-corrected chi connectivity index (χ2v) is 2.99. The van der Waals surface area contributed by atoms with Gasteiger partial charge in [-0.1, -0.05) is 32.0 Å². The Morgan fingerprint density at radius 2 is 2.33 bits per heavy atom. The van der Waals surface area contributed by atoms with Gasteiger partial charge in [0.15, 0.2) is 5.12 Å². The van der Waals surface area contributed by atoms with Gasteiger partial charge in [-0.15, -0.1) is 0 Å². The molecular weight excluding hydrogens is 132 g/mol.